The van der Waals surface area contributed by atoms with Crippen LogP contribution in [-0.2, 0) is 6.61 Å². The summed E-state index contributed by atoms with van der Waals surface area (Å²) in [6, 6.07) is 13.0. The molecular formula is C18H13ClO3. The normalized spacial score (nSPS) is 10.6. The lowest BCUT2D eigenvalue weighted by atomic mass is 10.1. The Morgan fingerprint density at radius 1 is 1.18 bits per heavy atom. The van der Waals surface area contributed by atoms with Crippen LogP contribution < -0.4 is 10.2 Å². The number of rotatable bonds is 4. The van der Waals surface area contributed by atoms with Gasteiger partial charge < -0.3 is 9.15 Å². The highest BCUT2D eigenvalue weighted by Gasteiger charge is 2.06. The molecule has 110 valence electrons. The van der Waals surface area contributed by atoms with Gasteiger partial charge in [0.05, 0.1) is 5.39 Å². The first-order valence-corrected chi connectivity index (χ1v) is 7.10. The van der Waals surface area contributed by atoms with Crippen LogP contribution in [0, 0.1) is 0 Å². The SMILES string of the molecule is C=Cc1ccc(COc2ccc3c(=O)c(Cl)coc3c2)cc1. The molecule has 0 aliphatic rings. The van der Waals surface area contributed by atoms with Gasteiger partial charge in [0.25, 0.3) is 0 Å². The molecule has 0 aliphatic carbocycles. The lowest BCUT2D eigenvalue weighted by Crippen LogP contribution is -2.01. The molecule has 1 aromatic heterocycles. The van der Waals surface area contributed by atoms with Crippen LogP contribution in [0.4, 0.5) is 0 Å². The molecule has 0 saturated heterocycles. The maximum Gasteiger partial charge on any atom is 0.211 e. The van der Waals surface area contributed by atoms with Crippen molar-refractivity contribution in [3.05, 3.63) is 81.7 Å². The van der Waals surface area contributed by atoms with Crippen molar-refractivity contribution < 1.29 is 9.15 Å². The highest BCUT2D eigenvalue weighted by Crippen LogP contribution is 2.21. The average molecular weight is 313 g/mol. The molecule has 0 atom stereocenters. The molecule has 4 heteroatoms. The van der Waals surface area contributed by atoms with E-state index in [9.17, 15) is 4.79 Å². The van der Waals surface area contributed by atoms with Crippen LogP contribution in [0.3, 0.4) is 0 Å². The summed E-state index contributed by atoms with van der Waals surface area (Å²) < 4.78 is 11.0. The Labute approximate surface area is 132 Å². The molecule has 0 saturated carbocycles. The van der Waals surface area contributed by atoms with Gasteiger partial charge in [-0.05, 0) is 23.3 Å². The Hall–Kier alpha value is -2.52. The number of fused-ring (bicyclic) bond motifs is 1. The molecule has 0 fully saturated rings. The van der Waals surface area contributed by atoms with Gasteiger partial charge >= 0.3 is 0 Å². The number of halogens is 1. The molecule has 0 unspecified atom stereocenters. The molecule has 22 heavy (non-hydrogen) atoms. The van der Waals surface area contributed by atoms with E-state index < -0.39 is 0 Å². The van der Waals surface area contributed by atoms with Crippen molar-refractivity contribution in [2.45, 2.75) is 6.61 Å². The fraction of sp³-hybridized carbons (Fsp3) is 0.0556. The zero-order chi connectivity index (χ0) is 15.5. The summed E-state index contributed by atoms with van der Waals surface area (Å²) in [6.45, 7) is 4.15. The highest BCUT2D eigenvalue weighted by molar-refractivity contribution is 6.30. The maximum atomic E-state index is 11.8. The molecule has 0 amide bonds. The third-order valence-corrected chi connectivity index (χ3v) is 3.59. The summed E-state index contributed by atoms with van der Waals surface area (Å²) in [7, 11) is 0. The molecule has 3 rings (SSSR count). The standard InChI is InChI=1S/C18H13ClO3/c1-2-12-3-5-13(6-4-12)10-21-14-7-8-15-17(9-14)22-11-16(19)18(15)20/h2-9,11H,1,10H2. The first-order chi connectivity index (χ1) is 10.7. The largest absolute Gasteiger partial charge is 0.489 e. The maximum absolute atomic E-state index is 11.8. The van der Waals surface area contributed by atoms with Crippen molar-refractivity contribution in [1.82, 2.24) is 0 Å². The van der Waals surface area contributed by atoms with Crippen LogP contribution in [0.1, 0.15) is 11.1 Å². The smallest absolute Gasteiger partial charge is 0.211 e. The summed E-state index contributed by atoms with van der Waals surface area (Å²) in [5.41, 5.74) is 2.32. The van der Waals surface area contributed by atoms with Gasteiger partial charge in [0.2, 0.25) is 5.43 Å². The summed E-state index contributed by atoms with van der Waals surface area (Å²) in [6.07, 6.45) is 3.03. The van der Waals surface area contributed by atoms with Crippen LogP contribution in [0.25, 0.3) is 17.0 Å². The molecule has 0 radical (unpaired) electrons. The minimum absolute atomic E-state index is 0.0727. The molecule has 0 spiro atoms. The van der Waals surface area contributed by atoms with E-state index in [2.05, 4.69) is 6.58 Å². The number of ether oxygens (including phenoxy) is 1. The van der Waals surface area contributed by atoms with Crippen molar-refractivity contribution in [2.75, 3.05) is 0 Å². The van der Waals surface area contributed by atoms with E-state index in [1.165, 1.54) is 6.26 Å². The lowest BCUT2D eigenvalue weighted by molar-refractivity contribution is 0.306. The zero-order valence-electron chi connectivity index (χ0n) is 11.7. The van der Waals surface area contributed by atoms with Gasteiger partial charge in [-0.25, -0.2) is 0 Å². The quantitative estimate of drug-likeness (QED) is 0.703. The fourth-order valence-corrected chi connectivity index (χ4v) is 2.24. The van der Waals surface area contributed by atoms with Crippen molar-refractivity contribution in [3.63, 3.8) is 0 Å². The molecule has 0 aliphatic heterocycles. The van der Waals surface area contributed by atoms with E-state index in [4.69, 9.17) is 20.8 Å². The Kier molecular flexibility index (Phi) is 3.98. The van der Waals surface area contributed by atoms with Crippen molar-refractivity contribution in [1.29, 1.82) is 0 Å². The van der Waals surface area contributed by atoms with Gasteiger partial charge in [0.1, 0.15) is 29.2 Å². The molecule has 3 nitrogen and oxygen atoms in total. The Balaban J connectivity index is 1.80. The second-order valence-corrected chi connectivity index (χ2v) is 5.21. The topological polar surface area (TPSA) is 39.4 Å². The Morgan fingerprint density at radius 2 is 1.95 bits per heavy atom. The first-order valence-electron chi connectivity index (χ1n) is 6.72. The summed E-state index contributed by atoms with van der Waals surface area (Å²) in [4.78, 5) is 11.8. The monoisotopic (exact) mass is 312 g/mol. The van der Waals surface area contributed by atoms with Crippen molar-refractivity contribution >= 4 is 28.6 Å². The number of benzene rings is 2. The van der Waals surface area contributed by atoms with E-state index in [-0.39, 0.29) is 10.5 Å². The molecule has 0 N–H and O–H groups in total. The molecular weight excluding hydrogens is 300 g/mol. The van der Waals surface area contributed by atoms with Crippen LogP contribution in [-0.4, -0.2) is 0 Å². The van der Waals surface area contributed by atoms with E-state index in [1.807, 2.05) is 24.3 Å². The zero-order valence-corrected chi connectivity index (χ0v) is 12.5. The third-order valence-electron chi connectivity index (χ3n) is 3.32. The Morgan fingerprint density at radius 3 is 2.68 bits per heavy atom. The highest BCUT2D eigenvalue weighted by atomic mass is 35.5. The van der Waals surface area contributed by atoms with Gasteiger partial charge in [-0.3, -0.25) is 4.79 Å². The van der Waals surface area contributed by atoms with E-state index in [0.717, 1.165) is 11.1 Å². The molecule has 2 aromatic carbocycles. The predicted molar refractivity (Wildman–Crippen MR) is 88.4 cm³/mol. The second kappa shape index (κ2) is 6.08. The van der Waals surface area contributed by atoms with E-state index >= 15 is 0 Å². The predicted octanol–water partition coefficient (Wildman–Crippen LogP) is 4.67. The van der Waals surface area contributed by atoms with Crippen LogP contribution >= 0.6 is 11.6 Å². The van der Waals surface area contributed by atoms with Crippen LogP contribution in [0.2, 0.25) is 5.02 Å². The number of hydrogen-bond acceptors (Lipinski definition) is 3. The van der Waals surface area contributed by atoms with Gasteiger partial charge in [0.15, 0.2) is 0 Å². The average Bonchev–Trinajstić information content (AvgIpc) is 2.57. The fourth-order valence-electron chi connectivity index (χ4n) is 2.09. The van der Waals surface area contributed by atoms with Crippen LogP contribution in [0.15, 0.2) is 64.5 Å². The van der Waals surface area contributed by atoms with E-state index in [1.54, 1.807) is 24.3 Å². The second-order valence-electron chi connectivity index (χ2n) is 4.81. The van der Waals surface area contributed by atoms with Crippen molar-refractivity contribution in [2.24, 2.45) is 0 Å². The third kappa shape index (κ3) is 2.90. The molecule has 1 heterocycles. The van der Waals surface area contributed by atoms with Crippen molar-refractivity contribution in [3.8, 4) is 5.75 Å². The Bertz CT molecular complexity index is 879. The van der Waals surface area contributed by atoms with Crippen LogP contribution in [0.5, 0.6) is 5.75 Å². The molecule has 3 aromatic rings. The first kappa shape index (κ1) is 14.4. The lowest BCUT2D eigenvalue weighted by Gasteiger charge is -2.07. The summed E-state index contributed by atoms with van der Waals surface area (Å²) in [5, 5.41) is 0.513. The van der Waals surface area contributed by atoms with Gasteiger partial charge in [-0.1, -0.05) is 48.5 Å². The summed E-state index contributed by atoms with van der Waals surface area (Å²) in [5.74, 6) is 0.630. The summed E-state index contributed by atoms with van der Waals surface area (Å²) >= 11 is 5.75. The molecule has 0 bridgehead atoms. The van der Waals surface area contributed by atoms with Gasteiger partial charge in [0, 0.05) is 6.07 Å². The van der Waals surface area contributed by atoms with E-state index in [0.29, 0.717) is 23.3 Å². The van der Waals surface area contributed by atoms with Gasteiger partial charge in [-0.15, -0.1) is 0 Å². The minimum atomic E-state index is -0.241. The number of hydrogen-bond donors (Lipinski definition) is 0. The minimum Gasteiger partial charge on any atom is -0.489 e. The van der Waals surface area contributed by atoms with Gasteiger partial charge in [-0.2, -0.15) is 0 Å².